The van der Waals surface area contributed by atoms with E-state index in [1.165, 1.54) is 5.01 Å². The van der Waals surface area contributed by atoms with Crippen molar-refractivity contribution in [1.29, 1.82) is 0 Å². The van der Waals surface area contributed by atoms with E-state index in [-0.39, 0.29) is 17.6 Å². The molecule has 1 rings (SSSR count). The van der Waals surface area contributed by atoms with E-state index < -0.39 is 5.97 Å². The van der Waals surface area contributed by atoms with Gasteiger partial charge in [0.05, 0.1) is 23.0 Å². The Labute approximate surface area is 113 Å². The van der Waals surface area contributed by atoms with Crippen LogP contribution in [0.3, 0.4) is 0 Å². The van der Waals surface area contributed by atoms with E-state index in [9.17, 15) is 10.0 Å². The first-order valence-electron chi connectivity index (χ1n) is 6.60. The van der Waals surface area contributed by atoms with Crippen LogP contribution in [0, 0.1) is 11.1 Å². The molecule has 0 aliphatic heterocycles. The zero-order chi connectivity index (χ0) is 14.6. The zero-order valence-electron chi connectivity index (χ0n) is 12.0. The average Bonchev–Trinajstić information content (AvgIpc) is 2.74. The fourth-order valence-electron chi connectivity index (χ4n) is 2.26. The maximum absolute atomic E-state index is 11.8. The lowest BCUT2D eigenvalue weighted by Gasteiger charge is -2.29. The van der Waals surface area contributed by atoms with Gasteiger partial charge in [0.15, 0.2) is 0 Å². The molecule has 2 atom stereocenters. The summed E-state index contributed by atoms with van der Waals surface area (Å²) in [6.45, 7) is 8.11. The van der Waals surface area contributed by atoms with Crippen LogP contribution >= 0.6 is 0 Å². The van der Waals surface area contributed by atoms with Crippen LogP contribution in [0.25, 0.3) is 0 Å². The van der Waals surface area contributed by atoms with Crippen LogP contribution < -0.4 is 0 Å². The lowest BCUT2D eigenvalue weighted by Crippen LogP contribution is -2.45. The van der Waals surface area contributed by atoms with Crippen molar-refractivity contribution in [2.24, 2.45) is 11.2 Å². The molecule has 110 valence electrons. The van der Waals surface area contributed by atoms with Gasteiger partial charge in [-0.1, -0.05) is 0 Å². The van der Waals surface area contributed by atoms with Gasteiger partial charge in [0.1, 0.15) is 6.10 Å². The van der Waals surface area contributed by atoms with Gasteiger partial charge in [0.25, 0.3) is 0 Å². The van der Waals surface area contributed by atoms with Gasteiger partial charge in [-0.25, -0.2) is 0 Å². The summed E-state index contributed by atoms with van der Waals surface area (Å²) in [6.07, 6.45) is 1.33. The number of carboxylic acid groups (broad SMARTS) is 1. The average molecular weight is 273 g/mol. The summed E-state index contributed by atoms with van der Waals surface area (Å²) in [6, 6.07) is 0. The molecule has 0 unspecified atom stereocenters. The van der Waals surface area contributed by atoms with Crippen molar-refractivity contribution in [2.75, 3.05) is 6.54 Å². The molecule has 0 bridgehead atoms. The Morgan fingerprint density at radius 2 is 2.16 bits per heavy atom. The van der Waals surface area contributed by atoms with Gasteiger partial charge in [0, 0.05) is 6.42 Å². The molecule has 1 fully saturated rings. The summed E-state index contributed by atoms with van der Waals surface area (Å²) in [7, 11) is 0. The van der Waals surface area contributed by atoms with E-state index in [2.05, 4.69) is 5.28 Å². The van der Waals surface area contributed by atoms with Crippen molar-refractivity contribution in [1.82, 2.24) is 5.01 Å². The molecule has 7 nitrogen and oxygen atoms in total. The Hall–Kier alpha value is -1.53. The van der Waals surface area contributed by atoms with Crippen LogP contribution in [-0.4, -0.2) is 39.2 Å². The van der Waals surface area contributed by atoms with Gasteiger partial charge >= 0.3 is 5.97 Å². The number of hydrogen-bond donors (Lipinski definition) is 1. The van der Waals surface area contributed by atoms with E-state index in [1.54, 1.807) is 0 Å². The third-order valence-electron chi connectivity index (χ3n) is 3.28. The quantitative estimate of drug-likeness (QED) is 0.471. The summed E-state index contributed by atoms with van der Waals surface area (Å²) >= 11 is 0. The molecule has 0 radical (unpaired) electrons. The van der Waals surface area contributed by atoms with E-state index in [4.69, 9.17) is 9.94 Å². The second-order valence-electron chi connectivity index (χ2n) is 5.80. The molecule has 0 aromatic heterocycles. The fourth-order valence-corrected chi connectivity index (χ4v) is 2.26. The molecule has 1 aliphatic rings. The molecule has 0 aromatic carbocycles. The van der Waals surface area contributed by atoms with Gasteiger partial charge in [-0.05, 0) is 40.5 Å². The fraction of sp³-hybridized carbons (Fsp3) is 0.917. The van der Waals surface area contributed by atoms with Gasteiger partial charge < -0.3 is 15.2 Å². The first-order chi connectivity index (χ1) is 8.75. The number of aliphatic carboxylic acids is 1. The molecule has 0 spiro atoms. The zero-order valence-corrected chi connectivity index (χ0v) is 12.0. The Morgan fingerprint density at radius 3 is 2.58 bits per heavy atom. The smallest absolute Gasteiger partial charge is 0.306 e. The Balaban J connectivity index is 2.55. The number of hydrazine groups is 1. The Kier molecular flexibility index (Phi) is 4.97. The van der Waals surface area contributed by atoms with Crippen LogP contribution in [0.2, 0.25) is 0 Å². The minimum Gasteiger partial charge on any atom is -0.569 e. The molecule has 1 aliphatic carbocycles. The minimum absolute atomic E-state index is 0.281. The SMILES string of the molecule is CCN(/[N+]([O-])=N/O[C@@H]1CC[C@H](C(=O)O)C1)C(C)(C)C. The number of nitrogens with zero attached hydrogens (tertiary/aromatic N) is 3. The molecule has 0 amide bonds. The molecule has 19 heavy (non-hydrogen) atoms. The lowest BCUT2D eigenvalue weighted by atomic mass is 10.1. The Bertz CT molecular complexity index is 351. The topological polar surface area (TPSA) is 88.2 Å². The van der Waals surface area contributed by atoms with E-state index >= 15 is 0 Å². The van der Waals surface area contributed by atoms with Crippen LogP contribution in [0.15, 0.2) is 5.28 Å². The van der Waals surface area contributed by atoms with Gasteiger partial charge in [0.2, 0.25) is 5.28 Å². The van der Waals surface area contributed by atoms with Crippen LogP contribution in [0.1, 0.15) is 47.0 Å². The van der Waals surface area contributed by atoms with Crippen molar-refractivity contribution in [3.05, 3.63) is 5.21 Å². The molecule has 0 aromatic rings. The number of hydrogen-bond acceptors (Lipinski definition) is 4. The van der Waals surface area contributed by atoms with Crippen LogP contribution in [0.5, 0.6) is 0 Å². The highest BCUT2D eigenvalue weighted by molar-refractivity contribution is 5.70. The Morgan fingerprint density at radius 1 is 1.53 bits per heavy atom. The second kappa shape index (κ2) is 6.08. The number of rotatable bonds is 5. The van der Waals surface area contributed by atoms with Crippen molar-refractivity contribution in [3.8, 4) is 0 Å². The normalized spacial score (nSPS) is 24.3. The molecule has 7 heteroatoms. The minimum atomic E-state index is -0.810. The van der Waals surface area contributed by atoms with Gasteiger partial charge in [-0.3, -0.25) is 4.79 Å². The van der Waals surface area contributed by atoms with E-state index in [1.807, 2.05) is 27.7 Å². The highest BCUT2D eigenvalue weighted by atomic mass is 16.7. The van der Waals surface area contributed by atoms with Crippen LogP contribution in [-0.2, 0) is 9.63 Å². The number of carboxylic acids is 1. The highest BCUT2D eigenvalue weighted by Crippen LogP contribution is 2.28. The lowest BCUT2D eigenvalue weighted by molar-refractivity contribution is -0.725. The molecule has 1 N–H and O–H groups in total. The summed E-state index contributed by atoms with van der Waals surface area (Å²) in [4.78, 5) is 16.4. The summed E-state index contributed by atoms with van der Waals surface area (Å²) in [5.41, 5.74) is -0.345. The highest BCUT2D eigenvalue weighted by Gasteiger charge is 2.32. The third kappa shape index (κ3) is 4.25. The van der Waals surface area contributed by atoms with Gasteiger partial charge in [-0.2, -0.15) is 0 Å². The molecule has 0 heterocycles. The standard InChI is InChI=1S/C12H23N3O4/c1-5-14(12(2,3)4)15(18)13-19-10-7-6-9(8-10)11(16)17/h9-10H,5-8H2,1-4H3,(H,16,17)/b15-13-/t9-,10+/m0/s1. The summed E-state index contributed by atoms with van der Waals surface area (Å²) in [5.74, 6) is -1.19. The van der Waals surface area contributed by atoms with E-state index in [0.29, 0.717) is 30.8 Å². The molecule has 0 saturated heterocycles. The molecular formula is C12H23N3O4. The van der Waals surface area contributed by atoms with Crippen molar-refractivity contribution < 1.29 is 19.7 Å². The van der Waals surface area contributed by atoms with Crippen molar-refractivity contribution in [2.45, 2.75) is 58.6 Å². The third-order valence-corrected chi connectivity index (χ3v) is 3.28. The number of carbonyl (C=O) groups is 1. The second-order valence-corrected chi connectivity index (χ2v) is 5.80. The molecule has 1 saturated carbocycles. The van der Waals surface area contributed by atoms with E-state index in [0.717, 1.165) is 0 Å². The maximum Gasteiger partial charge on any atom is 0.306 e. The molecular weight excluding hydrogens is 250 g/mol. The van der Waals surface area contributed by atoms with Crippen molar-refractivity contribution in [3.63, 3.8) is 0 Å². The predicted octanol–water partition coefficient (Wildman–Crippen LogP) is 2.17. The first-order valence-corrected chi connectivity index (χ1v) is 6.60. The summed E-state index contributed by atoms with van der Waals surface area (Å²) < 4.78 is 0. The first kappa shape index (κ1) is 15.5. The largest absolute Gasteiger partial charge is 0.569 e. The maximum atomic E-state index is 11.8. The summed E-state index contributed by atoms with van der Waals surface area (Å²) in [5, 5.41) is 25.8. The van der Waals surface area contributed by atoms with Crippen LogP contribution in [0.4, 0.5) is 0 Å². The predicted molar refractivity (Wildman–Crippen MR) is 68.0 cm³/mol. The van der Waals surface area contributed by atoms with Crippen molar-refractivity contribution >= 4 is 5.97 Å². The monoisotopic (exact) mass is 273 g/mol. The van der Waals surface area contributed by atoms with Gasteiger partial charge in [-0.15, -0.1) is 5.01 Å².